The van der Waals surface area contributed by atoms with Crippen molar-refractivity contribution in [2.45, 2.75) is 6.10 Å². The van der Waals surface area contributed by atoms with E-state index in [1.165, 1.54) is 11.3 Å². The number of hydrogen-bond acceptors (Lipinski definition) is 4. The standard InChI is InChI=1S/C10H12BrNO2S/c1-12-2-3-14-9(4-12)10(13)7-5-15-6-8(7)11/h5-6,9H,2-4H2,1H3. The highest BCUT2D eigenvalue weighted by Gasteiger charge is 2.27. The third-order valence-electron chi connectivity index (χ3n) is 2.44. The summed E-state index contributed by atoms with van der Waals surface area (Å²) in [4.78, 5) is 14.2. The van der Waals surface area contributed by atoms with Crippen LogP contribution in [-0.4, -0.2) is 43.5 Å². The first-order valence-electron chi connectivity index (χ1n) is 4.74. The Bertz CT molecular complexity index is 366. The van der Waals surface area contributed by atoms with Gasteiger partial charge in [-0.25, -0.2) is 0 Å². The first kappa shape index (κ1) is 11.3. The Balaban J connectivity index is 2.11. The fraction of sp³-hybridized carbons (Fsp3) is 0.500. The van der Waals surface area contributed by atoms with Gasteiger partial charge in [-0.05, 0) is 23.0 Å². The Morgan fingerprint density at radius 3 is 3.07 bits per heavy atom. The quantitative estimate of drug-likeness (QED) is 0.781. The van der Waals surface area contributed by atoms with Crippen LogP contribution in [0.15, 0.2) is 15.2 Å². The molecule has 82 valence electrons. The van der Waals surface area contributed by atoms with E-state index in [2.05, 4.69) is 20.8 Å². The fourth-order valence-corrected chi connectivity index (χ4v) is 3.05. The van der Waals surface area contributed by atoms with Crippen LogP contribution in [0, 0.1) is 0 Å². The van der Waals surface area contributed by atoms with Crippen molar-refractivity contribution in [2.24, 2.45) is 0 Å². The number of carbonyl (C=O) groups excluding carboxylic acids is 1. The van der Waals surface area contributed by atoms with E-state index in [1.807, 2.05) is 17.8 Å². The van der Waals surface area contributed by atoms with Crippen molar-refractivity contribution in [3.63, 3.8) is 0 Å². The number of morpholine rings is 1. The largest absolute Gasteiger partial charge is 0.367 e. The van der Waals surface area contributed by atoms with Crippen LogP contribution in [0.5, 0.6) is 0 Å². The molecule has 0 spiro atoms. The number of rotatable bonds is 2. The SMILES string of the molecule is CN1CCOC(C(=O)c2cscc2Br)C1. The van der Waals surface area contributed by atoms with Crippen LogP contribution in [-0.2, 0) is 4.74 Å². The average molecular weight is 290 g/mol. The Morgan fingerprint density at radius 2 is 2.47 bits per heavy atom. The number of thiophene rings is 1. The van der Waals surface area contributed by atoms with E-state index in [4.69, 9.17) is 4.74 Å². The summed E-state index contributed by atoms with van der Waals surface area (Å²) in [6.07, 6.45) is -0.311. The van der Waals surface area contributed by atoms with Crippen molar-refractivity contribution in [3.05, 3.63) is 20.8 Å². The molecule has 0 aliphatic carbocycles. The molecule has 1 unspecified atom stereocenters. The van der Waals surface area contributed by atoms with E-state index >= 15 is 0 Å². The minimum absolute atomic E-state index is 0.0784. The molecule has 1 fully saturated rings. The Labute approximate surface area is 101 Å². The second-order valence-corrected chi connectivity index (χ2v) is 5.22. The number of ether oxygens (including phenoxy) is 1. The van der Waals surface area contributed by atoms with Crippen LogP contribution >= 0.6 is 27.3 Å². The zero-order valence-electron chi connectivity index (χ0n) is 8.40. The maximum atomic E-state index is 12.1. The van der Waals surface area contributed by atoms with Crippen LogP contribution in [0.3, 0.4) is 0 Å². The monoisotopic (exact) mass is 289 g/mol. The lowest BCUT2D eigenvalue weighted by Gasteiger charge is -2.28. The van der Waals surface area contributed by atoms with E-state index in [1.54, 1.807) is 0 Å². The van der Waals surface area contributed by atoms with E-state index in [-0.39, 0.29) is 11.9 Å². The summed E-state index contributed by atoms with van der Waals surface area (Å²) in [5.41, 5.74) is 0.736. The van der Waals surface area contributed by atoms with Gasteiger partial charge in [0.15, 0.2) is 5.78 Å². The molecule has 1 saturated heterocycles. The Hall–Kier alpha value is -0.230. The van der Waals surface area contributed by atoms with Gasteiger partial charge in [0, 0.05) is 33.9 Å². The maximum absolute atomic E-state index is 12.1. The van der Waals surface area contributed by atoms with Crippen molar-refractivity contribution in [3.8, 4) is 0 Å². The zero-order valence-corrected chi connectivity index (χ0v) is 10.8. The van der Waals surface area contributed by atoms with E-state index in [9.17, 15) is 4.79 Å². The molecule has 15 heavy (non-hydrogen) atoms. The van der Waals surface area contributed by atoms with Crippen molar-refractivity contribution < 1.29 is 9.53 Å². The molecule has 0 bridgehead atoms. The number of Topliss-reactive ketones (excluding diaryl/α,β-unsaturated/α-hetero) is 1. The predicted octanol–water partition coefficient (Wildman–Crippen LogP) is 2.02. The van der Waals surface area contributed by atoms with Crippen LogP contribution in [0.1, 0.15) is 10.4 Å². The topological polar surface area (TPSA) is 29.5 Å². The van der Waals surface area contributed by atoms with Gasteiger partial charge < -0.3 is 9.64 Å². The first-order chi connectivity index (χ1) is 7.18. The summed E-state index contributed by atoms with van der Waals surface area (Å²) in [6.45, 7) is 2.21. The van der Waals surface area contributed by atoms with Crippen LogP contribution in [0.4, 0.5) is 0 Å². The van der Waals surface area contributed by atoms with Gasteiger partial charge in [0.1, 0.15) is 6.10 Å². The number of nitrogens with zero attached hydrogens (tertiary/aromatic N) is 1. The predicted molar refractivity (Wildman–Crippen MR) is 63.6 cm³/mol. The summed E-state index contributed by atoms with van der Waals surface area (Å²) in [5.74, 6) is 0.0784. The summed E-state index contributed by atoms with van der Waals surface area (Å²) in [5, 5.41) is 3.78. The summed E-state index contributed by atoms with van der Waals surface area (Å²) in [7, 11) is 2.01. The molecule has 1 aromatic rings. The molecule has 0 radical (unpaired) electrons. The lowest BCUT2D eigenvalue weighted by Crippen LogP contribution is -2.44. The molecular weight excluding hydrogens is 278 g/mol. The molecule has 0 amide bonds. The van der Waals surface area contributed by atoms with Gasteiger partial charge in [-0.15, -0.1) is 0 Å². The molecule has 2 rings (SSSR count). The third kappa shape index (κ3) is 2.47. The van der Waals surface area contributed by atoms with Crippen LogP contribution in [0.2, 0.25) is 0 Å². The molecule has 1 aromatic heterocycles. The molecule has 1 atom stereocenters. The molecule has 1 aliphatic heterocycles. The highest BCUT2D eigenvalue weighted by Crippen LogP contribution is 2.24. The smallest absolute Gasteiger partial charge is 0.194 e. The lowest BCUT2D eigenvalue weighted by atomic mass is 10.1. The molecule has 0 N–H and O–H groups in total. The maximum Gasteiger partial charge on any atom is 0.194 e. The molecular formula is C10H12BrNO2S. The molecule has 1 aliphatic rings. The zero-order chi connectivity index (χ0) is 10.8. The third-order valence-corrected chi connectivity index (χ3v) is 4.14. The number of hydrogen-bond donors (Lipinski definition) is 0. The second-order valence-electron chi connectivity index (χ2n) is 3.62. The second kappa shape index (κ2) is 4.74. The van der Waals surface area contributed by atoms with Crippen molar-refractivity contribution >= 4 is 33.0 Å². The van der Waals surface area contributed by atoms with Gasteiger partial charge in [-0.2, -0.15) is 11.3 Å². The van der Waals surface area contributed by atoms with Gasteiger partial charge in [0.05, 0.1) is 6.61 Å². The van der Waals surface area contributed by atoms with Gasteiger partial charge >= 0.3 is 0 Å². The average Bonchev–Trinajstić information content (AvgIpc) is 2.63. The molecule has 3 nitrogen and oxygen atoms in total. The van der Waals surface area contributed by atoms with Crippen molar-refractivity contribution in [2.75, 3.05) is 26.7 Å². The molecule has 5 heteroatoms. The molecule has 2 heterocycles. The van der Waals surface area contributed by atoms with Gasteiger partial charge in [-0.3, -0.25) is 4.79 Å². The van der Waals surface area contributed by atoms with Crippen molar-refractivity contribution in [1.29, 1.82) is 0 Å². The summed E-state index contributed by atoms with van der Waals surface area (Å²) >= 11 is 4.89. The van der Waals surface area contributed by atoms with E-state index in [0.29, 0.717) is 13.2 Å². The minimum atomic E-state index is -0.311. The lowest BCUT2D eigenvalue weighted by molar-refractivity contribution is -0.00863. The Kier molecular flexibility index (Phi) is 3.56. The highest BCUT2D eigenvalue weighted by molar-refractivity contribution is 9.10. The van der Waals surface area contributed by atoms with Gasteiger partial charge in [-0.1, -0.05) is 0 Å². The number of ketones is 1. The normalized spacial score (nSPS) is 22.9. The van der Waals surface area contributed by atoms with E-state index < -0.39 is 0 Å². The van der Waals surface area contributed by atoms with Gasteiger partial charge in [0.25, 0.3) is 0 Å². The van der Waals surface area contributed by atoms with Crippen LogP contribution in [0.25, 0.3) is 0 Å². The van der Waals surface area contributed by atoms with Crippen LogP contribution < -0.4 is 0 Å². The number of likely N-dealkylation sites (N-methyl/N-ethyl adjacent to an activating group) is 1. The molecule has 0 aromatic carbocycles. The van der Waals surface area contributed by atoms with E-state index in [0.717, 1.165) is 16.6 Å². The number of carbonyl (C=O) groups is 1. The summed E-state index contributed by atoms with van der Waals surface area (Å²) < 4.78 is 6.35. The Morgan fingerprint density at radius 1 is 1.67 bits per heavy atom. The highest BCUT2D eigenvalue weighted by atomic mass is 79.9. The fourth-order valence-electron chi connectivity index (χ4n) is 1.57. The summed E-state index contributed by atoms with van der Waals surface area (Å²) in [6, 6.07) is 0. The minimum Gasteiger partial charge on any atom is -0.367 e. The van der Waals surface area contributed by atoms with Crippen molar-refractivity contribution in [1.82, 2.24) is 4.90 Å². The first-order valence-corrected chi connectivity index (χ1v) is 6.48. The molecule has 0 saturated carbocycles. The number of halogens is 1. The van der Waals surface area contributed by atoms with Gasteiger partial charge in [0.2, 0.25) is 0 Å².